The zero-order valence-corrected chi connectivity index (χ0v) is 32.8. The number of nitrogens with zero attached hydrogens (tertiary/aromatic N) is 5. The Balaban J connectivity index is 0.808. The number of carbonyl (C=O) groups excluding carboxylic acids is 3. The molecule has 56 heavy (non-hydrogen) atoms. The third-order valence-corrected chi connectivity index (χ3v) is 11.7. The van der Waals surface area contributed by atoms with E-state index < -0.39 is 0 Å². The molecule has 0 bridgehead atoms. The van der Waals surface area contributed by atoms with Crippen molar-refractivity contribution < 1.29 is 23.9 Å². The maximum absolute atomic E-state index is 13.1. The number of benzene rings is 2. The van der Waals surface area contributed by atoms with E-state index in [0.29, 0.717) is 61.8 Å². The summed E-state index contributed by atoms with van der Waals surface area (Å²) in [6.45, 7) is 6.81. The average molecular weight is 767 g/mol. The van der Waals surface area contributed by atoms with Gasteiger partial charge in [-0.15, -0.1) is 0 Å². The number of fused-ring (bicyclic) bond motifs is 1. The van der Waals surface area contributed by atoms with E-state index in [2.05, 4.69) is 42.8 Å². The largest absolute Gasteiger partial charge is 0.496 e. The van der Waals surface area contributed by atoms with Gasteiger partial charge in [-0.3, -0.25) is 34.5 Å². The van der Waals surface area contributed by atoms with Crippen LogP contribution in [-0.2, 0) is 28.0 Å². The third kappa shape index (κ3) is 8.92. The quantitative estimate of drug-likeness (QED) is 0.126. The van der Waals surface area contributed by atoms with Crippen molar-refractivity contribution in [1.82, 2.24) is 34.8 Å². The molecule has 0 spiro atoms. The van der Waals surface area contributed by atoms with Crippen LogP contribution in [-0.4, -0.2) is 113 Å². The number of imide groups is 1. The highest BCUT2D eigenvalue weighted by molar-refractivity contribution is 6.01. The van der Waals surface area contributed by atoms with Crippen LogP contribution >= 0.6 is 0 Å². The van der Waals surface area contributed by atoms with Crippen LogP contribution in [0.1, 0.15) is 68.4 Å². The van der Waals surface area contributed by atoms with Crippen molar-refractivity contribution in [3.63, 3.8) is 0 Å². The zero-order chi connectivity index (χ0) is 39.2. The summed E-state index contributed by atoms with van der Waals surface area (Å²) >= 11 is 0. The zero-order valence-electron chi connectivity index (χ0n) is 32.8. The highest BCUT2D eigenvalue weighted by Gasteiger charge is 2.27. The van der Waals surface area contributed by atoms with Gasteiger partial charge >= 0.3 is 0 Å². The lowest BCUT2D eigenvalue weighted by Crippen LogP contribution is -2.48. The number of piperidine rings is 2. The van der Waals surface area contributed by atoms with Gasteiger partial charge in [0.25, 0.3) is 5.56 Å². The molecule has 3 fully saturated rings. The van der Waals surface area contributed by atoms with E-state index in [4.69, 9.17) is 9.47 Å². The first-order valence-corrected chi connectivity index (χ1v) is 19.9. The van der Waals surface area contributed by atoms with E-state index in [1.807, 2.05) is 35.4 Å². The molecule has 0 radical (unpaired) electrons. The van der Waals surface area contributed by atoms with Crippen LogP contribution in [0, 0.1) is 0 Å². The van der Waals surface area contributed by atoms with Gasteiger partial charge in [0, 0.05) is 75.4 Å². The van der Waals surface area contributed by atoms with Gasteiger partial charge in [-0.05, 0) is 93.0 Å². The molecule has 3 N–H and O–H groups in total. The summed E-state index contributed by atoms with van der Waals surface area (Å²) in [7, 11) is 5.04. The number of likely N-dealkylation sites (tertiary alicyclic amines) is 1. The van der Waals surface area contributed by atoms with Crippen LogP contribution in [0.2, 0.25) is 0 Å². The Labute approximate surface area is 327 Å². The minimum atomic E-state index is -0.369. The summed E-state index contributed by atoms with van der Waals surface area (Å²) in [4.78, 5) is 56.1. The summed E-state index contributed by atoms with van der Waals surface area (Å²) in [5, 5.41) is 13.3. The number of aromatic amines is 1. The van der Waals surface area contributed by atoms with Crippen LogP contribution in [0.15, 0.2) is 53.6 Å². The van der Waals surface area contributed by atoms with Crippen LogP contribution < -0.4 is 25.7 Å². The number of rotatable bonds is 14. The molecule has 0 aliphatic carbocycles. The summed E-state index contributed by atoms with van der Waals surface area (Å²) < 4.78 is 13.3. The Morgan fingerprint density at radius 3 is 2.29 bits per heavy atom. The SMILES string of the molecule is COc1cc(-c2cn(C)c(=O)c3[nH]ncc23)cc(OC)c1CN1CCN(C(=O)CCCCCN2CCC(c3ccc(NC4CCC(=O)NC4=O)cc3)CC2)CC1. The number of carbonyl (C=O) groups is 3. The Kier molecular flexibility index (Phi) is 12.4. The maximum atomic E-state index is 13.1. The van der Waals surface area contributed by atoms with Gasteiger partial charge < -0.3 is 29.2 Å². The van der Waals surface area contributed by atoms with Gasteiger partial charge in [0.15, 0.2) is 0 Å². The topological polar surface area (TPSA) is 154 Å². The molecule has 5 heterocycles. The lowest BCUT2D eigenvalue weighted by molar-refractivity contribution is -0.134. The third-order valence-electron chi connectivity index (χ3n) is 11.7. The number of amides is 3. The molecule has 14 heteroatoms. The molecule has 2 aromatic heterocycles. The smallest absolute Gasteiger partial charge is 0.276 e. The van der Waals surface area contributed by atoms with Crippen molar-refractivity contribution in [2.75, 3.05) is 65.3 Å². The molecular weight excluding hydrogens is 713 g/mol. The summed E-state index contributed by atoms with van der Waals surface area (Å²) in [6, 6.07) is 12.0. The van der Waals surface area contributed by atoms with Gasteiger partial charge in [-0.1, -0.05) is 18.6 Å². The van der Waals surface area contributed by atoms with Crippen LogP contribution in [0.25, 0.3) is 22.0 Å². The standard InChI is InChI=1S/C42H54N8O6/c1-47-26-33(32-25-43-46-40(32)42(47)54)30-23-36(55-2)34(37(24-30)56-3)27-49-19-21-50(22-20-49)39(52)7-5-4-6-16-48-17-14-29(15-18-48)28-8-10-31(11-9-28)44-35-12-13-38(51)45-41(35)53/h8-11,23-26,29,35,44H,4-7,12-22,27H2,1-3H3,(H,43,46)(H,45,51,53). The molecule has 0 saturated carbocycles. The summed E-state index contributed by atoms with van der Waals surface area (Å²) in [5.74, 6) is 1.74. The van der Waals surface area contributed by atoms with Crippen molar-refractivity contribution in [3.05, 3.63) is 70.3 Å². The molecule has 2 aromatic carbocycles. The van der Waals surface area contributed by atoms with Gasteiger partial charge in [0.05, 0.1) is 26.0 Å². The lowest BCUT2D eigenvalue weighted by Gasteiger charge is -2.35. The van der Waals surface area contributed by atoms with E-state index in [-0.39, 0.29) is 29.3 Å². The molecule has 3 aliphatic heterocycles. The number of hydrogen-bond acceptors (Lipinski definition) is 10. The number of pyridine rings is 1. The molecule has 3 aliphatic rings. The van der Waals surface area contributed by atoms with Crippen LogP contribution in [0.3, 0.4) is 0 Å². The van der Waals surface area contributed by atoms with Crippen molar-refractivity contribution in [2.45, 2.75) is 69.9 Å². The molecule has 298 valence electrons. The molecule has 1 unspecified atom stereocenters. The molecule has 7 rings (SSSR count). The molecule has 3 saturated heterocycles. The molecule has 1 atom stereocenters. The van der Waals surface area contributed by atoms with Crippen molar-refractivity contribution in [3.8, 4) is 22.6 Å². The fourth-order valence-corrected chi connectivity index (χ4v) is 8.38. The lowest BCUT2D eigenvalue weighted by atomic mass is 9.89. The highest BCUT2D eigenvalue weighted by atomic mass is 16.5. The van der Waals surface area contributed by atoms with Gasteiger partial charge in [0.1, 0.15) is 23.1 Å². The number of nitrogens with one attached hydrogen (secondary N) is 3. The Morgan fingerprint density at radius 1 is 0.893 bits per heavy atom. The van der Waals surface area contributed by atoms with Crippen molar-refractivity contribution >= 4 is 34.3 Å². The maximum Gasteiger partial charge on any atom is 0.276 e. The predicted molar refractivity (Wildman–Crippen MR) is 215 cm³/mol. The van der Waals surface area contributed by atoms with E-state index in [9.17, 15) is 19.2 Å². The second kappa shape index (κ2) is 17.7. The first-order valence-electron chi connectivity index (χ1n) is 19.9. The second-order valence-electron chi connectivity index (χ2n) is 15.3. The molecule has 14 nitrogen and oxygen atoms in total. The van der Waals surface area contributed by atoms with Gasteiger partial charge in [-0.2, -0.15) is 5.10 Å². The number of aryl methyl sites for hydroxylation is 1. The number of ether oxygens (including phenoxy) is 2. The van der Waals surface area contributed by atoms with E-state index in [0.717, 1.165) is 92.6 Å². The number of aromatic nitrogens is 3. The first-order chi connectivity index (χ1) is 27.2. The fourth-order valence-electron chi connectivity index (χ4n) is 8.38. The second-order valence-corrected chi connectivity index (χ2v) is 15.3. The van der Waals surface area contributed by atoms with E-state index >= 15 is 0 Å². The Morgan fingerprint density at radius 2 is 1.61 bits per heavy atom. The van der Waals surface area contributed by atoms with E-state index in [1.54, 1.807) is 32.0 Å². The van der Waals surface area contributed by atoms with Crippen LogP contribution in [0.4, 0.5) is 5.69 Å². The van der Waals surface area contributed by atoms with E-state index in [1.165, 1.54) is 5.56 Å². The number of piperazine rings is 1. The summed E-state index contributed by atoms with van der Waals surface area (Å²) in [5.41, 5.74) is 5.23. The normalized spacial score (nSPS) is 18.6. The number of hydrogen-bond donors (Lipinski definition) is 3. The molecule has 3 amide bonds. The number of H-pyrrole nitrogens is 1. The number of methoxy groups -OCH3 is 2. The predicted octanol–water partition coefficient (Wildman–Crippen LogP) is 4.25. The Hall–Kier alpha value is -5.21. The first kappa shape index (κ1) is 39.0. The minimum absolute atomic E-state index is 0.136. The van der Waals surface area contributed by atoms with Crippen LogP contribution in [0.5, 0.6) is 11.5 Å². The fraction of sp³-hybridized carbons (Fsp3) is 0.500. The molecular formula is C42H54N8O6. The number of unbranched alkanes of at least 4 members (excludes halogenated alkanes) is 2. The minimum Gasteiger partial charge on any atom is -0.496 e. The highest BCUT2D eigenvalue weighted by Crippen LogP contribution is 2.38. The average Bonchev–Trinajstić information content (AvgIpc) is 3.72. The van der Waals surface area contributed by atoms with Gasteiger partial charge in [-0.25, -0.2) is 0 Å². The van der Waals surface area contributed by atoms with Crippen molar-refractivity contribution in [2.24, 2.45) is 7.05 Å². The van der Waals surface area contributed by atoms with Gasteiger partial charge in [0.2, 0.25) is 17.7 Å². The summed E-state index contributed by atoms with van der Waals surface area (Å²) in [6.07, 6.45) is 10.3. The van der Waals surface area contributed by atoms with Crippen molar-refractivity contribution in [1.29, 1.82) is 0 Å². The number of anilines is 1. The molecule has 4 aromatic rings. The monoisotopic (exact) mass is 766 g/mol. The Bertz CT molecular complexity index is 2050.